The van der Waals surface area contributed by atoms with Crippen LogP contribution in [0, 0.1) is 11.8 Å². The number of fused-ring (bicyclic) bond motifs is 1. The third kappa shape index (κ3) is 2.98. The molecule has 1 N–H and O–H groups in total. The number of aliphatic hydroxyl groups excluding tert-OH is 1. The second-order valence-corrected chi connectivity index (χ2v) is 6.98. The Morgan fingerprint density at radius 2 is 2.33 bits per heavy atom. The standard InChI is InChI=1S/C15H23N3O2S/c1-3-18(10(2)19)15-16-12(9-21-15)7-17-6-11-4-5-14(20)13(11)8-17/h9,11,13-14,20H,3-8H2,1-2H3. The van der Waals surface area contributed by atoms with Gasteiger partial charge in [-0.1, -0.05) is 0 Å². The molecule has 0 spiro atoms. The molecule has 1 aromatic rings. The van der Waals surface area contributed by atoms with Crippen LogP contribution in [0.5, 0.6) is 0 Å². The van der Waals surface area contributed by atoms with Crippen LogP contribution in [-0.2, 0) is 11.3 Å². The lowest BCUT2D eigenvalue weighted by Crippen LogP contribution is -2.28. The van der Waals surface area contributed by atoms with Crippen LogP contribution in [0.2, 0.25) is 0 Å². The molecule has 2 fully saturated rings. The molecule has 2 heterocycles. The molecule has 116 valence electrons. The highest BCUT2D eigenvalue weighted by molar-refractivity contribution is 7.14. The van der Waals surface area contributed by atoms with Crippen molar-refractivity contribution in [2.75, 3.05) is 24.5 Å². The van der Waals surface area contributed by atoms with E-state index in [1.54, 1.807) is 11.8 Å². The fraction of sp³-hybridized carbons (Fsp3) is 0.733. The van der Waals surface area contributed by atoms with E-state index in [-0.39, 0.29) is 12.0 Å². The lowest BCUT2D eigenvalue weighted by Gasteiger charge is -2.17. The average molecular weight is 309 g/mol. The summed E-state index contributed by atoms with van der Waals surface area (Å²) in [7, 11) is 0. The minimum Gasteiger partial charge on any atom is -0.393 e. The van der Waals surface area contributed by atoms with E-state index in [4.69, 9.17) is 0 Å². The van der Waals surface area contributed by atoms with Gasteiger partial charge < -0.3 is 5.11 Å². The van der Waals surface area contributed by atoms with Crippen molar-refractivity contribution < 1.29 is 9.90 Å². The predicted molar refractivity (Wildman–Crippen MR) is 83.3 cm³/mol. The van der Waals surface area contributed by atoms with Crippen molar-refractivity contribution in [1.82, 2.24) is 9.88 Å². The zero-order valence-electron chi connectivity index (χ0n) is 12.7. The van der Waals surface area contributed by atoms with Crippen molar-refractivity contribution in [3.63, 3.8) is 0 Å². The summed E-state index contributed by atoms with van der Waals surface area (Å²) < 4.78 is 0. The van der Waals surface area contributed by atoms with E-state index in [1.807, 2.05) is 12.3 Å². The summed E-state index contributed by atoms with van der Waals surface area (Å²) in [6.07, 6.45) is 2.01. The van der Waals surface area contributed by atoms with E-state index in [2.05, 4.69) is 9.88 Å². The van der Waals surface area contributed by atoms with Gasteiger partial charge in [-0.15, -0.1) is 11.3 Å². The molecule has 21 heavy (non-hydrogen) atoms. The molecule has 3 rings (SSSR count). The van der Waals surface area contributed by atoms with Gasteiger partial charge in [-0.05, 0) is 25.7 Å². The first-order valence-corrected chi connectivity index (χ1v) is 8.59. The first-order chi connectivity index (χ1) is 10.1. The summed E-state index contributed by atoms with van der Waals surface area (Å²) in [4.78, 5) is 20.2. The lowest BCUT2D eigenvalue weighted by molar-refractivity contribution is -0.116. The first kappa shape index (κ1) is 14.9. The molecule has 1 aliphatic carbocycles. The average Bonchev–Trinajstić information content (AvgIpc) is 3.10. The van der Waals surface area contributed by atoms with Crippen LogP contribution in [0.15, 0.2) is 5.38 Å². The number of amides is 1. The van der Waals surface area contributed by atoms with Crippen LogP contribution in [0.1, 0.15) is 32.4 Å². The molecule has 1 saturated heterocycles. The Balaban J connectivity index is 1.62. The normalized spacial score (nSPS) is 28.8. The van der Waals surface area contributed by atoms with Crippen LogP contribution in [0.4, 0.5) is 5.13 Å². The summed E-state index contributed by atoms with van der Waals surface area (Å²) in [5.41, 5.74) is 1.03. The molecule has 3 atom stereocenters. The number of carbonyl (C=O) groups is 1. The molecule has 3 unspecified atom stereocenters. The number of anilines is 1. The van der Waals surface area contributed by atoms with Crippen molar-refractivity contribution in [1.29, 1.82) is 0 Å². The maximum atomic E-state index is 11.6. The van der Waals surface area contributed by atoms with E-state index in [1.165, 1.54) is 11.3 Å². The largest absolute Gasteiger partial charge is 0.393 e. The van der Waals surface area contributed by atoms with Gasteiger partial charge in [-0.25, -0.2) is 4.98 Å². The zero-order valence-corrected chi connectivity index (χ0v) is 13.5. The van der Waals surface area contributed by atoms with E-state index < -0.39 is 0 Å². The van der Waals surface area contributed by atoms with Crippen LogP contribution in [-0.4, -0.2) is 46.6 Å². The molecule has 5 nitrogen and oxygen atoms in total. The molecule has 1 saturated carbocycles. The van der Waals surface area contributed by atoms with Crippen molar-refractivity contribution in [2.24, 2.45) is 11.8 Å². The van der Waals surface area contributed by atoms with E-state index in [0.717, 1.165) is 43.3 Å². The number of hydrogen-bond donors (Lipinski definition) is 1. The summed E-state index contributed by atoms with van der Waals surface area (Å²) in [5.74, 6) is 1.15. The summed E-state index contributed by atoms with van der Waals surface area (Å²) in [6.45, 7) is 7.06. The number of aliphatic hydroxyl groups is 1. The summed E-state index contributed by atoms with van der Waals surface area (Å²) >= 11 is 1.53. The van der Waals surface area contributed by atoms with Gasteiger partial charge >= 0.3 is 0 Å². The van der Waals surface area contributed by atoms with E-state index in [0.29, 0.717) is 18.4 Å². The number of nitrogens with zero attached hydrogens (tertiary/aromatic N) is 3. The molecular formula is C15H23N3O2S. The third-order valence-corrected chi connectivity index (χ3v) is 5.66. The van der Waals surface area contributed by atoms with Crippen LogP contribution in [0.3, 0.4) is 0 Å². The smallest absolute Gasteiger partial charge is 0.225 e. The minimum atomic E-state index is -0.112. The molecule has 1 aromatic heterocycles. The Labute approximate surface area is 129 Å². The Morgan fingerprint density at radius 3 is 3.00 bits per heavy atom. The summed E-state index contributed by atoms with van der Waals surface area (Å²) in [6, 6.07) is 0. The Kier molecular flexibility index (Phi) is 4.28. The van der Waals surface area contributed by atoms with Crippen molar-refractivity contribution in [2.45, 2.75) is 39.3 Å². The van der Waals surface area contributed by atoms with Crippen LogP contribution in [0.25, 0.3) is 0 Å². The molecule has 0 bridgehead atoms. The molecule has 0 radical (unpaired) electrons. The van der Waals surface area contributed by atoms with Crippen LogP contribution >= 0.6 is 11.3 Å². The highest BCUT2D eigenvalue weighted by Gasteiger charge is 2.41. The number of rotatable bonds is 4. The van der Waals surface area contributed by atoms with Gasteiger partial charge in [0, 0.05) is 44.4 Å². The minimum absolute atomic E-state index is 0.0391. The highest BCUT2D eigenvalue weighted by atomic mass is 32.1. The van der Waals surface area contributed by atoms with Gasteiger partial charge in [0.05, 0.1) is 11.8 Å². The maximum Gasteiger partial charge on any atom is 0.225 e. The topological polar surface area (TPSA) is 56.7 Å². The number of likely N-dealkylation sites (tertiary alicyclic amines) is 1. The van der Waals surface area contributed by atoms with Gasteiger partial charge in [0.1, 0.15) is 0 Å². The SMILES string of the molecule is CCN(C(C)=O)c1nc(CN2CC3CCC(O)C3C2)cs1. The zero-order chi connectivity index (χ0) is 15.0. The predicted octanol–water partition coefficient (Wildman–Crippen LogP) is 1.72. The van der Waals surface area contributed by atoms with E-state index >= 15 is 0 Å². The van der Waals surface area contributed by atoms with Gasteiger partial charge in [-0.3, -0.25) is 14.6 Å². The molecule has 0 aromatic carbocycles. The number of aromatic nitrogens is 1. The number of hydrogen-bond acceptors (Lipinski definition) is 5. The molecule has 1 aliphatic heterocycles. The fourth-order valence-electron chi connectivity index (χ4n) is 3.67. The third-order valence-electron chi connectivity index (χ3n) is 4.75. The first-order valence-electron chi connectivity index (χ1n) is 7.71. The maximum absolute atomic E-state index is 11.6. The molecule has 1 amide bonds. The second kappa shape index (κ2) is 6.02. The Bertz CT molecular complexity index is 519. The van der Waals surface area contributed by atoms with Gasteiger partial charge in [-0.2, -0.15) is 0 Å². The van der Waals surface area contributed by atoms with Crippen molar-refractivity contribution >= 4 is 22.4 Å². The van der Waals surface area contributed by atoms with Gasteiger partial charge in [0.15, 0.2) is 5.13 Å². The Hall–Kier alpha value is -0.980. The monoisotopic (exact) mass is 309 g/mol. The van der Waals surface area contributed by atoms with Gasteiger partial charge in [0.25, 0.3) is 0 Å². The second-order valence-electron chi connectivity index (χ2n) is 6.15. The molecular weight excluding hydrogens is 286 g/mol. The summed E-state index contributed by atoms with van der Waals surface area (Å²) in [5, 5.41) is 12.8. The number of thiazole rings is 1. The fourth-order valence-corrected chi connectivity index (χ4v) is 4.60. The molecule has 2 aliphatic rings. The van der Waals surface area contributed by atoms with Crippen molar-refractivity contribution in [3.8, 4) is 0 Å². The Morgan fingerprint density at radius 1 is 1.52 bits per heavy atom. The lowest BCUT2D eigenvalue weighted by atomic mass is 10.00. The highest BCUT2D eigenvalue weighted by Crippen LogP contribution is 2.38. The van der Waals surface area contributed by atoms with Gasteiger partial charge in [0.2, 0.25) is 5.91 Å². The van der Waals surface area contributed by atoms with Crippen LogP contribution < -0.4 is 4.90 Å². The van der Waals surface area contributed by atoms with E-state index in [9.17, 15) is 9.90 Å². The quantitative estimate of drug-likeness (QED) is 0.920. The van der Waals surface area contributed by atoms with Crippen molar-refractivity contribution in [3.05, 3.63) is 11.1 Å². The number of carbonyl (C=O) groups excluding carboxylic acids is 1. The molecule has 6 heteroatoms.